The molecule has 2 heterocycles. The molecule has 1 aromatic rings. The maximum Gasteiger partial charge on any atom is 0.264 e. The second-order valence-electron chi connectivity index (χ2n) is 5.05. The van der Waals surface area contributed by atoms with Gasteiger partial charge in [0.25, 0.3) is 5.91 Å². The normalized spacial score (nSPS) is 23.6. The minimum absolute atomic E-state index is 0.138. The first-order valence-electron chi connectivity index (χ1n) is 6.46. The largest absolute Gasteiger partial charge is 0.480 e. The van der Waals surface area contributed by atoms with E-state index in [1.165, 1.54) is 0 Å². The molecule has 0 bridgehead atoms. The standard InChI is InChI=1S/C14H18N2O2/c1-15-6-8-16(9-7-15)14(17)13-10-11-4-2-3-5-12(11)18-13/h2-5,13H,6-10H2,1H3. The van der Waals surface area contributed by atoms with Crippen LogP contribution in [0.4, 0.5) is 0 Å². The van der Waals surface area contributed by atoms with Gasteiger partial charge in [-0.1, -0.05) is 18.2 Å². The van der Waals surface area contributed by atoms with Gasteiger partial charge in [0.1, 0.15) is 5.75 Å². The predicted molar refractivity (Wildman–Crippen MR) is 68.6 cm³/mol. The quantitative estimate of drug-likeness (QED) is 0.733. The lowest BCUT2D eigenvalue weighted by atomic mass is 10.1. The van der Waals surface area contributed by atoms with Gasteiger partial charge < -0.3 is 14.5 Å². The van der Waals surface area contributed by atoms with E-state index in [0.29, 0.717) is 6.42 Å². The maximum atomic E-state index is 12.4. The van der Waals surface area contributed by atoms with Crippen LogP contribution >= 0.6 is 0 Å². The van der Waals surface area contributed by atoms with Crippen LogP contribution in [0.15, 0.2) is 24.3 Å². The van der Waals surface area contributed by atoms with E-state index in [4.69, 9.17) is 4.74 Å². The fourth-order valence-electron chi connectivity index (χ4n) is 2.55. The summed E-state index contributed by atoms with van der Waals surface area (Å²) in [4.78, 5) is 16.5. The number of fused-ring (bicyclic) bond motifs is 1. The minimum atomic E-state index is -0.314. The van der Waals surface area contributed by atoms with Crippen LogP contribution in [-0.2, 0) is 11.2 Å². The molecule has 0 aliphatic carbocycles. The highest BCUT2D eigenvalue weighted by Crippen LogP contribution is 2.29. The summed E-state index contributed by atoms with van der Waals surface area (Å²) in [7, 11) is 2.09. The van der Waals surface area contributed by atoms with Crippen molar-refractivity contribution in [3.05, 3.63) is 29.8 Å². The highest BCUT2D eigenvalue weighted by molar-refractivity contribution is 5.82. The number of piperazine rings is 1. The summed E-state index contributed by atoms with van der Waals surface area (Å²) in [5, 5.41) is 0. The number of rotatable bonds is 1. The number of likely N-dealkylation sites (N-methyl/N-ethyl adjacent to an activating group) is 1. The number of hydrogen-bond acceptors (Lipinski definition) is 3. The van der Waals surface area contributed by atoms with E-state index >= 15 is 0 Å². The molecule has 2 aliphatic heterocycles. The second kappa shape index (κ2) is 4.61. The Balaban J connectivity index is 1.65. The molecule has 0 saturated carbocycles. The van der Waals surface area contributed by atoms with Crippen LogP contribution in [-0.4, -0.2) is 55.0 Å². The van der Waals surface area contributed by atoms with Crippen molar-refractivity contribution in [2.75, 3.05) is 33.2 Å². The van der Waals surface area contributed by atoms with Crippen LogP contribution in [0.1, 0.15) is 5.56 Å². The number of nitrogens with zero attached hydrogens (tertiary/aromatic N) is 2. The van der Waals surface area contributed by atoms with Gasteiger partial charge in [0.05, 0.1) is 0 Å². The van der Waals surface area contributed by atoms with Gasteiger partial charge in [-0.15, -0.1) is 0 Å². The van der Waals surface area contributed by atoms with E-state index in [2.05, 4.69) is 11.9 Å². The fourth-order valence-corrected chi connectivity index (χ4v) is 2.55. The van der Waals surface area contributed by atoms with E-state index in [-0.39, 0.29) is 12.0 Å². The molecule has 2 aliphatic rings. The lowest BCUT2D eigenvalue weighted by Crippen LogP contribution is -2.51. The molecule has 0 aromatic heterocycles. The number of ether oxygens (including phenoxy) is 1. The highest BCUT2D eigenvalue weighted by Gasteiger charge is 2.33. The Morgan fingerprint density at radius 2 is 1.94 bits per heavy atom. The molecule has 1 amide bonds. The van der Waals surface area contributed by atoms with E-state index < -0.39 is 0 Å². The van der Waals surface area contributed by atoms with Crippen molar-refractivity contribution >= 4 is 5.91 Å². The van der Waals surface area contributed by atoms with Gasteiger partial charge in [-0.3, -0.25) is 4.79 Å². The Hall–Kier alpha value is -1.55. The number of carbonyl (C=O) groups excluding carboxylic acids is 1. The van der Waals surface area contributed by atoms with Gasteiger partial charge in [-0.05, 0) is 18.7 Å². The van der Waals surface area contributed by atoms with Gasteiger partial charge in [0.15, 0.2) is 6.10 Å². The fraction of sp³-hybridized carbons (Fsp3) is 0.500. The zero-order chi connectivity index (χ0) is 12.5. The van der Waals surface area contributed by atoms with Crippen LogP contribution in [0.3, 0.4) is 0 Å². The van der Waals surface area contributed by atoms with Crippen LogP contribution in [0.25, 0.3) is 0 Å². The monoisotopic (exact) mass is 246 g/mol. The molecule has 4 heteroatoms. The van der Waals surface area contributed by atoms with E-state index in [9.17, 15) is 4.79 Å². The summed E-state index contributed by atoms with van der Waals surface area (Å²) < 4.78 is 5.74. The average Bonchev–Trinajstić information content (AvgIpc) is 2.82. The summed E-state index contributed by atoms with van der Waals surface area (Å²) in [6.45, 7) is 3.52. The first-order chi connectivity index (χ1) is 8.74. The number of amides is 1. The molecule has 0 spiro atoms. The molecule has 1 atom stereocenters. The Bertz CT molecular complexity index is 428. The maximum absolute atomic E-state index is 12.4. The summed E-state index contributed by atoms with van der Waals surface area (Å²) >= 11 is 0. The zero-order valence-electron chi connectivity index (χ0n) is 10.6. The number of carbonyl (C=O) groups is 1. The van der Waals surface area contributed by atoms with Gasteiger partial charge >= 0.3 is 0 Å². The Morgan fingerprint density at radius 3 is 2.67 bits per heavy atom. The van der Waals surface area contributed by atoms with Crippen LogP contribution < -0.4 is 4.74 Å². The first-order valence-corrected chi connectivity index (χ1v) is 6.46. The van der Waals surface area contributed by atoms with Crippen LogP contribution in [0.5, 0.6) is 5.75 Å². The second-order valence-corrected chi connectivity index (χ2v) is 5.05. The molecule has 1 unspecified atom stereocenters. The van der Waals surface area contributed by atoms with Crippen LogP contribution in [0.2, 0.25) is 0 Å². The van der Waals surface area contributed by atoms with Crippen molar-refractivity contribution in [3.8, 4) is 5.75 Å². The summed E-state index contributed by atoms with van der Waals surface area (Å²) in [5.41, 5.74) is 1.14. The number of benzene rings is 1. The molecule has 1 fully saturated rings. The van der Waals surface area contributed by atoms with Crippen molar-refractivity contribution in [1.29, 1.82) is 0 Å². The zero-order valence-corrected chi connectivity index (χ0v) is 10.6. The van der Waals surface area contributed by atoms with E-state index in [1.54, 1.807) is 0 Å². The van der Waals surface area contributed by atoms with Crippen molar-refractivity contribution in [3.63, 3.8) is 0 Å². The third-order valence-corrected chi connectivity index (χ3v) is 3.74. The summed E-state index contributed by atoms with van der Waals surface area (Å²) in [5.74, 6) is 1.00. The first kappa shape index (κ1) is 11.5. The molecular weight excluding hydrogens is 228 g/mol. The average molecular weight is 246 g/mol. The molecule has 1 aromatic carbocycles. The number of hydrogen-bond donors (Lipinski definition) is 0. The molecular formula is C14H18N2O2. The van der Waals surface area contributed by atoms with Crippen molar-refractivity contribution in [2.45, 2.75) is 12.5 Å². The van der Waals surface area contributed by atoms with Crippen molar-refractivity contribution in [1.82, 2.24) is 9.80 Å². The van der Waals surface area contributed by atoms with Gasteiger partial charge in [0, 0.05) is 32.6 Å². The minimum Gasteiger partial charge on any atom is -0.480 e. The topological polar surface area (TPSA) is 32.8 Å². The molecule has 4 nitrogen and oxygen atoms in total. The SMILES string of the molecule is CN1CCN(C(=O)C2Cc3ccccc3O2)CC1. The van der Waals surface area contributed by atoms with Gasteiger partial charge in [-0.2, -0.15) is 0 Å². The lowest BCUT2D eigenvalue weighted by molar-refractivity contribution is -0.139. The highest BCUT2D eigenvalue weighted by atomic mass is 16.5. The molecule has 18 heavy (non-hydrogen) atoms. The van der Waals surface area contributed by atoms with Crippen LogP contribution in [0, 0.1) is 0 Å². The van der Waals surface area contributed by atoms with Gasteiger partial charge in [-0.25, -0.2) is 0 Å². The summed E-state index contributed by atoms with van der Waals surface area (Å²) in [6.07, 6.45) is 0.396. The molecule has 1 saturated heterocycles. The third kappa shape index (κ3) is 2.08. The van der Waals surface area contributed by atoms with Gasteiger partial charge in [0.2, 0.25) is 0 Å². The molecule has 0 N–H and O–H groups in total. The number of para-hydroxylation sites is 1. The Morgan fingerprint density at radius 1 is 1.22 bits per heavy atom. The Kier molecular flexibility index (Phi) is 2.96. The van der Waals surface area contributed by atoms with E-state index in [0.717, 1.165) is 37.5 Å². The summed E-state index contributed by atoms with van der Waals surface area (Å²) in [6, 6.07) is 7.91. The van der Waals surface area contributed by atoms with Crippen molar-refractivity contribution < 1.29 is 9.53 Å². The van der Waals surface area contributed by atoms with Crippen molar-refractivity contribution in [2.24, 2.45) is 0 Å². The lowest BCUT2D eigenvalue weighted by Gasteiger charge is -2.33. The molecule has 0 radical (unpaired) electrons. The predicted octanol–water partition coefficient (Wildman–Crippen LogP) is 0.764. The van der Waals surface area contributed by atoms with E-state index in [1.807, 2.05) is 29.2 Å². The molecule has 96 valence electrons. The Labute approximate surface area is 107 Å². The smallest absolute Gasteiger partial charge is 0.264 e. The molecule has 3 rings (SSSR count). The third-order valence-electron chi connectivity index (χ3n) is 3.74.